The summed E-state index contributed by atoms with van der Waals surface area (Å²) in [5.74, 6) is 0.912. The van der Waals surface area contributed by atoms with E-state index in [9.17, 15) is 9.59 Å². The molecule has 0 radical (unpaired) electrons. The Morgan fingerprint density at radius 2 is 1.74 bits per heavy atom. The molecular formula is C35H38N2O5. The molecule has 3 aromatic carbocycles. The Kier molecular flexibility index (Phi) is 8.02. The third kappa shape index (κ3) is 5.66. The largest absolute Gasteiger partial charge is 0.491 e. The van der Waals surface area contributed by atoms with Crippen LogP contribution in [0.15, 0.2) is 77.2 Å². The minimum Gasteiger partial charge on any atom is -0.491 e. The number of hydrogen-bond acceptors (Lipinski definition) is 5. The molecule has 1 fully saturated rings. The summed E-state index contributed by atoms with van der Waals surface area (Å²) in [5, 5.41) is 0.934. The van der Waals surface area contributed by atoms with Gasteiger partial charge in [0.25, 0.3) is 11.8 Å². The van der Waals surface area contributed by atoms with Crippen LogP contribution in [0.3, 0.4) is 0 Å². The van der Waals surface area contributed by atoms with Gasteiger partial charge in [-0.05, 0) is 68.4 Å². The molecule has 2 aliphatic heterocycles. The van der Waals surface area contributed by atoms with Crippen LogP contribution in [0.1, 0.15) is 52.1 Å². The minimum atomic E-state index is -1.14. The van der Waals surface area contributed by atoms with Gasteiger partial charge in [0.15, 0.2) is 11.4 Å². The van der Waals surface area contributed by atoms with Gasteiger partial charge in [0.1, 0.15) is 17.9 Å². The maximum absolute atomic E-state index is 14.5. The lowest BCUT2D eigenvalue weighted by atomic mass is 9.90. The average Bonchev–Trinajstić information content (AvgIpc) is 3.33. The number of fused-ring (bicyclic) bond motifs is 2. The summed E-state index contributed by atoms with van der Waals surface area (Å²) in [5.41, 5.74) is 3.66. The second-order valence-corrected chi connectivity index (χ2v) is 11.5. The van der Waals surface area contributed by atoms with Crippen molar-refractivity contribution < 1.29 is 23.5 Å². The van der Waals surface area contributed by atoms with Crippen molar-refractivity contribution in [2.75, 3.05) is 32.8 Å². The smallest absolute Gasteiger partial charge is 0.290 e. The number of para-hydroxylation sites is 1. The van der Waals surface area contributed by atoms with Crippen LogP contribution in [0.5, 0.6) is 5.75 Å². The van der Waals surface area contributed by atoms with Crippen LogP contribution >= 0.6 is 0 Å². The van der Waals surface area contributed by atoms with Gasteiger partial charge in [-0.15, -0.1) is 0 Å². The lowest BCUT2D eigenvalue weighted by molar-refractivity contribution is -0.171. The molecule has 0 N–H and O–H groups in total. The van der Waals surface area contributed by atoms with Crippen LogP contribution in [-0.4, -0.2) is 60.1 Å². The van der Waals surface area contributed by atoms with Gasteiger partial charge < -0.3 is 23.7 Å². The number of aryl methyl sites for hydroxylation is 3. The maximum atomic E-state index is 14.5. The normalized spacial score (nSPS) is 20.1. The number of rotatable bonds is 3. The molecule has 1 aromatic heterocycles. The fourth-order valence-electron chi connectivity index (χ4n) is 6.21. The monoisotopic (exact) mass is 566 g/mol. The Hall–Kier alpha value is -4.10. The number of morpholine rings is 1. The first kappa shape index (κ1) is 28.0. The Bertz CT molecular complexity index is 1580. The molecule has 0 saturated carbocycles. The van der Waals surface area contributed by atoms with Crippen LogP contribution in [0.25, 0.3) is 11.0 Å². The lowest BCUT2D eigenvalue weighted by Gasteiger charge is -2.44. The number of carbonyl (C=O) groups is 2. The molecule has 7 nitrogen and oxygen atoms in total. The standard InChI is InChI=1S/C35H38N2O5/c1-25-15-16-29-26(2)32(42-31(29)22-25)33(38)37-19-21-41-35(24-37)17-9-8-13-28-12-6-7-14-30(28)40-20-18-36(34(35)39)23-27-10-4-3-5-11-27/h3-7,10-12,14-16,22H,8-9,13,17-21,23-24H2,1-2H3. The van der Waals surface area contributed by atoms with Gasteiger partial charge >= 0.3 is 0 Å². The van der Waals surface area contributed by atoms with Gasteiger partial charge in [0.05, 0.1) is 19.7 Å². The molecule has 218 valence electrons. The molecule has 3 heterocycles. The summed E-state index contributed by atoms with van der Waals surface area (Å²) in [6.45, 7) is 6.01. The highest BCUT2D eigenvalue weighted by Gasteiger charge is 2.47. The maximum Gasteiger partial charge on any atom is 0.290 e. The van der Waals surface area contributed by atoms with Crippen molar-refractivity contribution in [1.29, 1.82) is 0 Å². The Morgan fingerprint density at radius 1 is 0.929 bits per heavy atom. The first-order valence-corrected chi connectivity index (χ1v) is 14.9. The van der Waals surface area contributed by atoms with E-state index in [1.165, 1.54) is 5.56 Å². The summed E-state index contributed by atoms with van der Waals surface area (Å²) in [6, 6.07) is 24.1. The third-order valence-electron chi connectivity index (χ3n) is 8.52. The van der Waals surface area contributed by atoms with Crippen molar-refractivity contribution in [3.05, 3.63) is 101 Å². The summed E-state index contributed by atoms with van der Waals surface area (Å²) >= 11 is 0. The number of ether oxygens (including phenoxy) is 2. The van der Waals surface area contributed by atoms with Crippen molar-refractivity contribution in [3.8, 4) is 5.75 Å². The molecule has 0 bridgehead atoms. The molecular weight excluding hydrogens is 528 g/mol. The van der Waals surface area contributed by atoms with Gasteiger partial charge in [-0.25, -0.2) is 0 Å². The van der Waals surface area contributed by atoms with Crippen molar-refractivity contribution in [2.24, 2.45) is 0 Å². The Labute approximate surface area is 247 Å². The van der Waals surface area contributed by atoms with E-state index in [4.69, 9.17) is 13.9 Å². The predicted octanol–water partition coefficient (Wildman–Crippen LogP) is 6.10. The second-order valence-electron chi connectivity index (χ2n) is 11.5. The molecule has 7 heteroatoms. The van der Waals surface area contributed by atoms with E-state index < -0.39 is 5.60 Å². The number of nitrogens with zero attached hydrogens (tertiary/aromatic N) is 2. The molecule has 2 aliphatic rings. The quantitative estimate of drug-likeness (QED) is 0.300. The number of furan rings is 1. The number of benzene rings is 3. The highest BCUT2D eigenvalue weighted by molar-refractivity contribution is 5.99. The fraction of sp³-hybridized carbons (Fsp3) is 0.371. The van der Waals surface area contributed by atoms with E-state index in [0.29, 0.717) is 44.0 Å². The van der Waals surface area contributed by atoms with Crippen LogP contribution in [0.2, 0.25) is 0 Å². The second kappa shape index (κ2) is 12.0. The number of amides is 2. The van der Waals surface area contributed by atoms with E-state index >= 15 is 0 Å². The lowest BCUT2D eigenvalue weighted by Crippen LogP contribution is -2.62. The summed E-state index contributed by atoms with van der Waals surface area (Å²) in [6.07, 6.45) is 3.05. The molecule has 1 spiro atoms. The zero-order chi connectivity index (χ0) is 29.1. The average molecular weight is 567 g/mol. The highest BCUT2D eigenvalue weighted by Crippen LogP contribution is 2.33. The molecule has 1 unspecified atom stereocenters. The zero-order valence-corrected chi connectivity index (χ0v) is 24.4. The molecule has 4 aromatic rings. The van der Waals surface area contributed by atoms with Gasteiger partial charge in [-0.1, -0.05) is 60.7 Å². The highest BCUT2D eigenvalue weighted by atomic mass is 16.5. The van der Waals surface area contributed by atoms with E-state index in [0.717, 1.165) is 47.1 Å². The van der Waals surface area contributed by atoms with E-state index in [-0.39, 0.29) is 25.0 Å². The molecule has 2 amide bonds. The minimum absolute atomic E-state index is 0.0988. The van der Waals surface area contributed by atoms with Crippen molar-refractivity contribution >= 4 is 22.8 Å². The van der Waals surface area contributed by atoms with Gasteiger partial charge in [-0.2, -0.15) is 0 Å². The van der Waals surface area contributed by atoms with Gasteiger partial charge in [-0.3, -0.25) is 9.59 Å². The molecule has 42 heavy (non-hydrogen) atoms. The molecule has 1 atom stereocenters. The predicted molar refractivity (Wildman–Crippen MR) is 162 cm³/mol. The first-order valence-electron chi connectivity index (χ1n) is 14.9. The topological polar surface area (TPSA) is 72.2 Å². The van der Waals surface area contributed by atoms with Crippen molar-refractivity contribution in [3.63, 3.8) is 0 Å². The Balaban J connectivity index is 1.31. The number of carbonyl (C=O) groups excluding carboxylic acids is 2. The van der Waals surface area contributed by atoms with Gasteiger partial charge in [0.2, 0.25) is 0 Å². The summed E-state index contributed by atoms with van der Waals surface area (Å²) < 4.78 is 18.7. The molecule has 6 rings (SSSR count). The van der Waals surface area contributed by atoms with Crippen LogP contribution in [0, 0.1) is 13.8 Å². The molecule has 0 aliphatic carbocycles. The van der Waals surface area contributed by atoms with Gasteiger partial charge in [0, 0.05) is 24.0 Å². The first-order chi connectivity index (χ1) is 20.4. The SMILES string of the molecule is Cc1ccc2c(C)c(C(=O)N3CCOC4(CCCCc5ccccc5OCCN(Cc5ccccc5)C4=O)C3)oc2c1. The van der Waals surface area contributed by atoms with E-state index in [1.54, 1.807) is 4.90 Å². The molecule has 1 saturated heterocycles. The van der Waals surface area contributed by atoms with Crippen molar-refractivity contribution in [2.45, 2.75) is 51.7 Å². The Morgan fingerprint density at radius 3 is 2.60 bits per heavy atom. The van der Waals surface area contributed by atoms with Crippen molar-refractivity contribution in [1.82, 2.24) is 9.80 Å². The fourth-order valence-corrected chi connectivity index (χ4v) is 6.21. The zero-order valence-electron chi connectivity index (χ0n) is 24.4. The van der Waals surface area contributed by atoms with Crippen LogP contribution < -0.4 is 4.74 Å². The van der Waals surface area contributed by atoms with E-state index in [2.05, 4.69) is 6.07 Å². The van der Waals surface area contributed by atoms with Crippen LogP contribution in [0.4, 0.5) is 0 Å². The summed E-state index contributed by atoms with van der Waals surface area (Å²) in [4.78, 5) is 32.0. The number of hydrogen-bond donors (Lipinski definition) is 0. The summed E-state index contributed by atoms with van der Waals surface area (Å²) in [7, 11) is 0. The third-order valence-corrected chi connectivity index (χ3v) is 8.52. The van der Waals surface area contributed by atoms with Crippen LogP contribution in [-0.2, 0) is 22.5 Å². The van der Waals surface area contributed by atoms with E-state index in [1.807, 2.05) is 85.5 Å².